The summed E-state index contributed by atoms with van der Waals surface area (Å²) < 4.78 is 0. The second kappa shape index (κ2) is 5.30. The van der Waals surface area contributed by atoms with E-state index in [1.807, 2.05) is 0 Å². The summed E-state index contributed by atoms with van der Waals surface area (Å²) in [5, 5.41) is 19.5. The number of Topliss-reactive ketones (excluding diaryl/α,β-unsaturated/α-hetero) is 1. The predicted octanol–water partition coefficient (Wildman–Crippen LogP) is 1.96. The molecule has 1 aliphatic rings. The maximum Gasteiger partial charge on any atom is 0.252 e. The van der Waals surface area contributed by atoms with Crippen molar-refractivity contribution < 1.29 is 19.8 Å². The number of primary amides is 1. The first kappa shape index (κ1) is 13.4. The van der Waals surface area contributed by atoms with E-state index in [0.717, 1.165) is 32.1 Å². The number of phenolic OH excluding ortho intramolecular Hbond substituents is 1. The zero-order valence-corrected chi connectivity index (χ0v) is 10.6. The minimum Gasteiger partial charge on any atom is -0.504 e. The Labute approximate surface area is 111 Å². The summed E-state index contributed by atoms with van der Waals surface area (Å²) in [6.45, 7) is 0. The van der Waals surface area contributed by atoms with Crippen LogP contribution in [-0.2, 0) is 0 Å². The second-order valence-corrected chi connectivity index (χ2v) is 4.92. The highest BCUT2D eigenvalue weighted by atomic mass is 16.3. The first-order chi connectivity index (χ1) is 9.02. The van der Waals surface area contributed by atoms with Gasteiger partial charge in [-0.15, -0.1) is 0 Å². The molecule has 0 bridgehead atoms. The van der Waals surface area contributed by atoms with E-state index in [9.17, 15) is 19.8 Å². The molecular weight excluding hydrogens is 246 g/mol. The Kier molecular flexibility index (Phi) is 3.74. The Balaban J connectivity index is 2.32. The lowest BCUT2D eigenvalue weighted by atomic mass is 9.83. The summed E-state index contributed by atoms with van der Waals surface area (Å²) in [6, 6.07) is 2.62. The lowest BCUT2D eigenvalue weighted by Gasteiger charge is -2.21. The Hall–Kier alpha value is -2.04. The molecule has 5 nitrogen and oxygen atoms in total. The van der Waals surface area contributed by atoms with Gasteiger partial charge in [-0.3, -0.25) is 9.59 Å². The van der Waals surface area contributed by atoms with Gasteiger partial charge in [-0.05, 0) is 25.0 Å². The molecule has 0 unspecified atom stereocenters. The highest BCUT2D eigenvalue weighted by molar-refractivity contribution is 6.04. The fourth-order valence-corrected chi connectivity index (χ4v) is 2.56. The van der Waals surface area contributed by atoms with E-state index in [1.165, 1.54) is 12.1 Å². The van der Waals surface area contributed by atoms with Crippen LogP contribution in [0.4, 0.5) is 0 Å². The van der Waals surface area contributed by atoms with E-state index in [2.05, 4.69) is 0 Å². The molecule has 0 aliphatic heterocycles. The van der Waals surface area contributed by atoms with Gasteiger partial charge in [-0.1, -0.05) is 19.3 Å². The van der Waals surface area contributed by atoms with Crippen LogP contribution in [0.5, 0.6) is 11.5 Å². The molecule has 0 atom stereocenters. The first-order valence-corrected chi connectivity index (χ1v) is 6.41. The maximum absolute atomic E-state index is 12.3. The summed E-state index contributed by atoms with van der Waals surface area (Å²) in [6.07, 6.45) is 4.74. The fourth-order valence-electron chi connectivity index (χ4n) is 2.56. The van der Waals surface area contributed by atoms with Gasteiger partial charge < -0.3 is 15.9 Å². The minimum absolute atomic E-state index is 0.0643. The number of carbonyl (C=O) groups is 2. The molecule has 19 heavy (non-hydrogen) atoms. The standard InChI is InChI=1S/C14H17NO4/c15-14(19)10-7-6-9(12(17)13(10)18)11(16)8-4-2-1-3-5-8/h6-8,17-18H,1-5H2,(H2,15,19). The van der Waals surface area contributed by atoms with Crippen molar-refractivity contribution in [2.24, 2.45) is 11.7 Å². The van der Waals surface area contributed by atoms with Gasteiger partial charge in [0.2, 0.25) is 0 Å². The van der Waals surface area contributed by atoms with Crippen LogP contribution in [0, 0.1) is 5.92 Å². The van der Waals surface area contributed by atoms with Crippen LogP contribution < -0.4 is 5.73 Å². The van der Waals surface area contributed by atoms with Gasteiger partial charge in [-0.25, -0.2) is 0 Å². The molecule has 4 N–H and O–H groups in total. The number of aromatic hydroxyl groups is 2. The minimum atomic E-state index is -0.843. The Morgan fingerprint density at radius 3 is 2.11 bits per heavy atom. The molecule has 1 aromatic carbocycles. The molecule has 1 fully saturated rings. The molecule has 0 heterocycles. The maximum atomic E-state index is 12.3. The molecular formula is C14H17NO4. The van der Waals surface area contributed by atoms with E-state index in [4.69, 9.17) is 5.73 Å². The smallest absolute Gasteiger partial charge is 0.252 e. The van der Waals surface area contributed by atoms with E-state index < -0.39 is 17.4 Å². The quantitative estimate of drug-likeness (QED) is 0.573. The summed E-state index contributed by atoms with van der Waals surface area (Å²) >= 11 is 0. The molecule has 1 aromatic rings. The molecule has 1 aliphatic carbocycles. The van der Waals surface area contributed by atoms with Crippen LogP contribution in [0.15, 0.2) is 12.1 Å². The number of hydrogen-bond acceptors (Lipinski definition) is 4. The summed E-state index contributed by atoms with van der Waals surface area (Å²) in [5.41, 5.74) is 4.94. The molecule has 5 heteroatoms. The number of rotatable bonds is 3. The average molecular weight is 263 g/mol. The number of benzene rings is 1. The highest BCUT2D eigenvalue weighted by Crippen LogP contribution is 2.36. The molecule has 1 amide bonds. The van der Waals surface area contributed by atoms with E-state index in [0.29, 0.717) is 0 Å². The molecule has 102 valence electrons. The van der Waals surface area contributed by atoms with Crippen molar-refractivity contribution in [2.45, 2.75) is 32.1 Å². The number of amides is 1. The lowest BCUT2D eigenvalue weighted by Crippen LogP contribution is -2.18. The Bertz CT molecular complexity index is 518. The van der Waals surface area contributed by atoms with Crippen molar-refractivity contribution in [3.8, 4) is 11.5 Å². The van der Waals surface area contributed by atoms with E-state index in [1.54, 1.807) is 0 Å². The van der Waals surface area contributed by atoms with Gasteiger partial charge in [0.15, 0.2) is 17.3 Å². The second-order valence-electron chi connectivity index (χ2n) is 4.92. The molecule has 0 spiro atoms. The molecule has 1 saturated carbocycles. The lowest BCUT2D eigenvalue weighted by molar-refractivity contribution is 0.0884. The highest BCUT2D eigenvalue weighted by Gasteiger charge is 2.26. The normalized spacial score (nSPS) is 16.2. The predicted molar refractivity (Wildman–Crippen MR) is 69.2 cm³/mol. The Morgan fingerprint density at radius 1 is 1.00 bits per heavy atom. The van der Waals surface area contributed by atoms with Crippen LogP contribution in [-0.4, -0.2) is 21.9 Å². The van der Waals surface area contributed by atoms with Gasteiger partial charge in [0, 0.05) is 5.92 Å². The fraction of sp³-hybridized carbons (Fsp3) is 0.429. The zero-order valence-electron chi connectivity index (χ0n) is 10.6. The Morgan fingerprint density at radius 2 is 1.53 bits per heavy atom. The number of carbonyl (C=O) groups excluding carboxylic acids is 2. The van der Waals surface area contributed by atoms with E-state index in [-0.39, 0.29) is 22.8 Å². The third-order valence-electron chi connectivity index (χ3n) is 3.66. The topological polar surface area (TPSA) is 101 Å². The van der Waals surface area contributed by atoms with Crippen molar-refractivity contribution in [2.75, 3.05) is 0 Å². The van der Waals surface area contributed by atoms with Crippen molar-refractivity contribution in [1.82, 2.24) is 0 Å². The largest absolute Gasteiger partial charge is 0.504 e. The summed E-state index contributed by atoms with van der Waals surface area (Å²) in [5.74, 6) is -2.30. The molecule has 0 saturated heterocycles. The zero-order chi connectivity index (χ0) is 14.0. The third kappa shape index (κ3) is 2.54. The SMILES string of the molecule is NC(=O)c1ccc(C(=O)C2CCCCC2)c(O)c1O. The monoisotopic (exact) mass is 263 g/mol. The van der Waals surface area contributed by atoms with Crippen LogP contribution in [0.25, 0.3) is 0 Å². The number of hydrogen-bond donors (Lipinski definition) is 3. The molecule has 0 radical (unpaired) electrons. The molecule has 2 rings (SSSR count). The summed E-state index contributed by atoms with van der Waals surface area (Å²) in [4.78, 5) is 23.3. The summed E-state index contributed by atoms with van der Waals surface area (Å²) in [7, 11) is 0. The van der Waals surface area contributed by atoms with Gasteiger partial charge in [-0.2, -0.15) is 0 Å². The number of nitrogens with two attached hydrogens (primary N) is 1. The van der Waals surface area contributed by atoms with Crippen molar-refractivity contribution in [1.29, 1.82) is 0 Å². The van der Waals surface area contributed by atoms with Gasteiger partial charge in [0.1, 0.15) is 0 Å². The number of ketones is 1. The van der Waals surface area contributed by atoms with E-state index >= 15 is 0 Å². The van der Waals surface area contributed by atoms with Crippen LogP contribution >= 0.6 is 0 Å². The third-order valence-corrected chi connectivity index (χ3v) is 3.66. The molecule has 0 aromatic heterocycles. The van der Waals surface area contributed by atoms with Gasteiger partial charge in [0.05, 0.1) is 11.1 Å². The van der Waals surface area contributed by atoms with Crippen LogP contribution in [0.3, 0.4) is 0 Å². The number of phenols is 2. The van der Waals surface area contributed by atoms with Crippen molar-refractivity contribution in [3.05, 3.63) is 23.3 Å². The van der Waals surface area contributed by atoms with Crippen LogP contribution in [0.1, 0.15) is 52.8 Å². The average Bonchev–Trinajstić information content (AvgIpc) is 2.41. The van der Waals surface area contributed by atoms with Crippen LogP contribution in [0.2, 0.25) is 0 Å². The first-order valence-electron chi connectivity index (χ1n) is 6.41. The van der Waals surface area contributed by atoms with Crippen molar-refractivity contribution in [3.63, 3.8) is 0 Å². The van der Waals surface area contributed by atoms with Crippen molar-refractivity contribution >= 4 is 11.7 Å². The van der Waals surface area contributed by atoms with Gasteiger partial charge >= 0.3 is 0 Å². The van der Waals surface area contributed by atoms with Gasteiger partial charge in [0.25, 0.3) is 5.91 Å².